The van der Waals surface area contributed by atoms with E-state index in [0.717, 1.165) is 32.5 Å². The highest BCUT2D eigenvalue weighted by Gasteiger charge is 2.15. The van der Waals surface area contributed by atoms with Crippen molar-refractivity contribution in [3.8, 4) is 0 Å². The fourth-order valence-corrected chi connectivity index (χ4v) is 4.17. The Kier molecular flexibility index (Phi) is 3.94. The number of carbonyl (C=O) groups excluding carboxylic acids is 1. The summed E-state index contributed by atoms with van der Waals surface area (Å²) in [6, 6.07) is 5.67. The molecule has 0 saturated heterocycles. The van der Waals surface area contributed by atoms with Crippen molar-refractivity contribution in [3.63, 3.8) is 0 Å². The summed E-state index contributed by atoms with van der Waals surface area (Å²) in [5, 5.41) is 1.94. The molecular formula is C19H19NO2S. The molecule has 0 aliphatic heterocycles. The largest absolute Gasteiger partial charge is 0.342 e. The van der Waals surface area contributed by atoms with Gasteiger partial charge in [0.05, 0.1) is 10.2 Å². The van der Waals surface area contributed by atoms with Gasteiger partial charge in [-0.05, 0) is 61.4 Å². The molecule has 0 bridgehead atoms. The Morgan fingerprint density at radius 2 is 1.91 bits per heavy atom. The van der Waals surface area contributed by atoms with Gasteiger partial charge in [-0.15, -0.1) is 11.3 Å². The first-order valence-corrected chi connectivity index (χ1v) is 8.45. The second-order valence-corrected chi connectivity index (χ2v) is 6.90. The molecule has 0 radical (unpaired) electrons. The monoisotopic (exact) mass is 325 g/mol. The van der Waals surface area contributed by atoms with Crippen molar-refractivity contribution >= 4 is 27.3 Å². The highest BCUT2D eigenvalue weighted by Crippen LogP contribution is 2.25. The van der Waals surface area contributed by atoms with Gasteiger partial charge in [0, 0.05) is 24.4 Å². The summed E-state index contributed by atoms with van der Waals surface area (Å²) >= 11 is 1.47. The molecule has 2 aromatic heterocycles. The number of thiophene rings is 1. The minimum atomic E-state index is 0.0630. The molecule has 3 nitrogen and oxygen atoms in total. The number of nitrogens with zero attached hydrogens (tertiary/aromatic N) is 1. The second-order valence-electron chi connectivity index (χ2n) is 5.99. The number of carbonyl (C=O) groups is 1. The minimum Gasteiger partial charge on any atom is -0.342 e. The van der Waals surface area contributed by atoms with E-state index < -0.39 is 0 Å². The van der Waals surface area contributed by atoms with Crippen LogP contribution < -0.4 is 5.43 Å². The smallest absolute Gasteiger partial charge is 0.199 e. The van der Waals surface area contributed by atoms with Crippen LogP contribution in [0.2, 0.25) is 0 Å². The third-order valence-corrected chi connectivity index (χ3v) is 5.31. The summed E-state index contributed by atoms with van der Waals surface area (Å²) in [4.78, 5) is 23.9. The van der Waals surface area contributed by atoms with E-state index in [1.165, 1.54) is 16.9 Å². The number of fused-ring (bicyclic) bond motifs is 1. The van der Waals surface area contributed by atoms with Crippen LogP contribution in [0.15, 0.2) is 34.6 Å². The normalized spacial score (nSPS) is 11.1. The first-order valence-electron chi connectivity index (χ1n) is 7.57. The van der Waals surface area contributed by atoms with Crippen LogP contribution >= 0.6 is 11.3 Å². The Morgan fingerprint density at radius 3 is 2.61 bits per heavy atom. The van der Waals surface area contributed by atoms with Crippen molar-refractivity contribution in [2.45, 2.75) is 34.2 Å². The Balaban J connectivity index is 2.18. The zero-order chi connectivity index (χ0) is 16.7. The van der Waals surface area contributed by atoms with Crippen LogP contribution in [0.3, 0.4) is 0 Å². The van der Waals surface area contributed by atoms with Gasteiger partial charge in [0.2, 0.25) is 0 Å². The Bertz CT molecular complexity index is 979. The predicted octanol–water partition coefficient (Wildman–Crippen LogP) is 4.24. The maximum Gasteiger partial charge on any atom is 0.199 e. The number of rotatable bonds is 3. The standard InChI is InChI=1S/C19H19NO2S/c1-11-9-12(2)18(14(4)21)13(3)15(11)10-20-7-5-17(22)19-16(20)6-8-23-19/h5-9H,10H2,1-4H3. The number of Topliss-reactive ketones (excluding diaryl/α,β-unsaturated/α-hetero) is 1. The molecule has 0 N–H and O–H groups in total. The summed E-state index contributed by atoms with van der Waals surface area (Å²) in [6.07, 6.45) is 1.84. The molecule has 1 aromatic carbocycles. The second kappa shape index (κ2) is 5.78. The van der Waals surface area contributed by atoms with Gasteiger partial charge in [-0.25, -0.2) is 0 Å². The van der Waals surface area contributed by atoms with E-state index in [2.05, 4.69) is 17.6 Å². The number of hydrogen-bond acceptors (Lipinski definition) is 3. The first kappa shape index (κ1) is 15.7. The van der Waals surface area contributed by atoms with E-state index in [1.807, 2.05) is 31.5 Å². The average Bonchev–Trinajstić information content (AvgIpc) is 2.95. The van der Waals surface area contributed by atoms with Gasteiger partial charge in [-0.3, -0.25) is 9.59 Å². The molecular weight excluding hydrogens is 306 g/mol. The van der Waals surface area contributed by atoms with Crippen LogP contribution in [0.25, 0.3) is 10.2 Å². The molecule has 0 saturated carbocycles. The predicted molar refractivity (Wildman–Crippen MR) is 95.8 cm³/mol. The quantitative estimate of drug-likeness (QED) is 0.676. The van der Waals surface area contributed by atoms with Gasteiger partial charge < -0.3 is 4.57 Å². The van der Waals surface area contributed by atoms with Crippen LogP contribution in [0.4, 0.5) is 0 Å². The molecule has 0 atom stereocenters. The van der Waals surface area contributed by atoms with E-state index in [-0.39, 0.29) is 11.2 Å². The van der Waals surface area contributed by atoms with E-state index >= 15 is 0 Å². The van der Waals surface area contributed by atoms with Crippen molar-refractivity contribution < 1.29 is 4.79 Å². The highest BCUT2D eigenvalue weighted by molar-refractivity contribution is 7.17. The summed E-state index contributed by atoms with van der Waals surface area (Å²) in [5.74, 6) is 0.0989. The van der Waals surface area contributed by atoms with E-state index in [0.29, 0.717) is 6.54 Å². The number of ketones is 1. The van der Waals surface area contributed by atoms with E-state index in [4.69, 9.17) is 0 Å². The van der Waals surface area contributed by atoms with Gasteiger partial charge in [-0.2, -0.15) is 0 Å². The van der Waals surface area contributed by atoms with Crippen LogP contribution in [0.5, 0.6) is 0 Å². The van der Waals surface area contributed by atoms with Crippen molar-refractivity contribution in [3.05, 3.63) is 67.8 Å². The zero-order valence-electron chi connectivity index (χ0n) is 13.8. The molecule has 0 spiro atoms. The van der Waals surface area contributed by atoms with Crippen molar-refractivity contribution in [2.75, 3.05) is 0 Å². The zero-order valence-corrected chi connectivity index (χ0v) is 14.6. The SMILES string of the molecule is CC(=O)c1c(C)cc(C)c(Cn2ccc(=O)c3sccc32)c1C. The number of benzene rings is 1. The molecule has 0 amide bonds. The fourth-order valence-electron chi connectivity index (χ4n) is 3.35. The summed E-state index contributed by atoms with van der Waals surface area (Å²) in [6.45, 7) is 8.35. The van der Waals surface area contributed by atoms with Crippen LogP contribution in [0.1, 0.15) is 39.5 Å². The van der Waals surface area contributed by atoms with E-state index in [1.54, 1.807) is 13.0 Å². The summed E-state index contributed by atoms with van der Waals surface area (Å²) < 4.78 is 2.86. The lowest BCUT2D eigenvalue weighted by Crippen LogP contribution is -2.11. The van der Waals surface area contributed by atoms with Crippen molar-refractivity contribution in [1.82, 2.24) is 4.57 Å². The van der Waals surface area contributed by atoms with Gasteiger partial charge in [0.25, 0.3) is 0 Å². The van der Waals surface area contributed by atoms with E-state index in [9.17, 15) is 9.59 Å². The Labute approximate surface area is 139 Å². The first-order chi connectivity index (χ1) is 10.9. The molecule has 0 fully saturated rings. The highest BCUT2D eigenvalue weighted by atomic mass is 32.1. The van der Waals surface area contributed by atoms with Gasteiger partial charge in [0.15, 0.2) is 11.2 Å². The van der Waals surface area contributed by atoms with Crippen LogP contribution in [0, 0.1) is 20.8 Å². The van der Waals surface area contributed by atoms with Gasteiger partial charge in [-0.1, -0.05) is 6.07 Å². The summed E-state index contributed by atoms with van der Waals surface area (Å²) in [5.41, 5.74) is 6.21. The fraction of sp³-hybridized carbons (Fsp3) is 0.263. The molecule has 118 valence electrons. The lowest BCUT2D eigenvalue weighted by molar-refractivity contribution is 0.101. The number of hydrogen-bond donors (Lipinski definition) is 0. The molecule has 0 aliphatic rings. The lowest BCUT2D eigenvalue weighted by atomic mass is 9.91. The maximum absolute atomic E-state index is 12.0. The maximum atomic E-state index is 12.0. The molecule has 23 heavy (non-hydrogen) atoms. The molecule has 3 rings (SSSR count). The number of aryl methyl sites for hydroxylation is 2. The number of aromatic nitrogens is 1. The van der Waals surface area contributed by atoms with Gasteiger partial charge >= 0.3 is 0 Å². The van der Waals surface area contributed by atoms with Crippen LogP contribution in [-0.2, 0) is 6.54 Å². The van der Waals surface area contributed by atoms with Gasteiger partial charge in [0.1, 0.15) is 0 Å². The lowest BCUT2D eigenvalue weighted by Gasteiger charge is -2.18. The molecule has 3 aromatic rings. The molecule has 0 aliphatic carbocycles. The molecule has 2 heterocycles. The average molecular weight is 325 g/mol. The third-order valence-electron chi connectivity index (χ3n) is 4.40. The molecule has 4 heteroatoms. The minimum absolute atomic E-state index is 0.0630. The Hall–Kier alpha value is -2.20. The van der Waals surface area contributed by atoms with Crippen molar-refractivity contribution in [2.24, 2.45) is 0 Å². The third kappa shape index (κ3) is 2.63. The van der Waals surface area contributed by atoms with Crippen molar-refractivity contribution in [1.29, 1.82) is 0 Å². The molecule has 0 unspecified atom stereocenters. The Morgan fingerprint density at radius 1 is 1.17 bits per heavy atom. The topological polar surface area (TPSA) is 39.1 Å². The van der Waals surface area contributed by atoms with Crippen LogP contribution in [-0.4, -0.2) is 10.4 Å². The number of pyridine rings is 1. The summed E-state index contributed by atoms with van der Waals surface area (Å²) in [7, 11) is 0.